The van der Waals surface area contributed by atoms with Crippen LogP contribution in [0.25, 0.3) is 0 Å². The monoisotopic (exact) mass is 524 g/mol. The largest absolute Gasteiger partial charge is 0.497 e. The number of nitro benzene ring substituents is 1. The van der Waals surface area contributed by atoms with E-state index in [0.717, 1.165) is 11.0 Å². The molecule has 4 rings (SSSR count). The van der Waals surface area contributed by atoms with E-state index in [-0.39, 0.29) is 16.4 Å². The van der Waals surface area contributed by atoms with Crippen molar-refractivity contribution >= 4 is 40.8 Å². The van der Waals surface area contributed by atoms with E-state index in [1.807, 2.05) is 0 Å². The number of methoxy groups -OCH3 is 2. The maximum absolute atomic E-state index is 13.8. The van der Waals surface area contributed by atoms with Gasteiger partial charge in [0.25, 0.3) is 11.6 Å². The van der Waals surface area contributed by atoms with Crippen LogP contribution in [-0.4, -0.2) is 48.4 Å². The number of hydrogen-bond donors (Lipinski definition) is 2. The Morgan fingerprint density at radius 2 is 1.54 bits per heavy atom. The van der Waals surface area contributed by atoms with Crippen molar-refractivity contribution < 1.29 is 28.8 Å². The van der Waals surface area contributed by atoms with E-state index >= 15 is 0 Å². The van der Waals surface area contributed by atoms with E-state index in [4.69, 9.17) is 21.1 Å². The van der Waals surface area contributed by atoms with Gasteiger partial charge >= 0.3 is 6.03 Å². The summed E-state index contributed by atoms with van der Waals surface area (Å²) in [5.74, 6) is -0.356. The fourth-order valence-corrected chi connectivity index (χ4v) is 4.18. The number of carbonyl (C=O) groups excluding carboxylic acids is 3. The molecule has 1 fully saturated rings. The smallest absolute Gasteiger partial charge is 0.326 e. The molecule has 190 valence electrons. The molecule has 0 aliphatic carbocycles. The number of carbonyl (C=O) groups is 3. The summed E-state index contributed by atoms with van der Waals surface area (Å²) in [6.45, 7) is -0.655. The second kappa shape index (κ2) is 10.2. The van der Waals surface area contributed by atoms with Gasteiger partial charge in [-0.15, -0.1) is 0 Å². The third-order valence-electron chi connectivity index (χ3n) is 5.89. The number of urea groups is 1. The van der Waals surface area contributed by atoms with Crippen molar-refractivity contribution in [2.75, 3.05) is 26.1 Å². The maximum Gasteiger partial charge on any atom is 0.326 e. The molecule has 0 atom stereocenters. The van der Waals surface area contributed by atoms with Gasteiger partial charge < -0.3 is 20.1 Å². The van der Waals surface area contributed by atoms with Crippen LogP contribution in [-0.2, 0) is 15.1 Å². The Kier molecular flexibility index (Phi) is 6.98. The average molecular weight is 525 g/mol. The number of benzene rings is 3. The zero-order valence-corrected chi connectivity index (χ0v) is 20.4. The van der Waals surface area contributed by atoms with E-state index in [1.165, 1.54) is 26.4 Å². The molecular weight excluding hydrogens is 504 g/mol. The number of non-ortho nitro benzene ring substituents is 1. The molecule has 0 bridgehead atoms. The van der Waals surface area contributed by atoms with Gasteiger partial charge in [-0.05, 0) is 41.5 Å². The van der Waals surface area contributed by atoms with Crippen LogP contribution in [0.3, 0.4) is 0 Å². The predicted octanol–water partition coefficient (Wildman–Crippen LogP) is 3.70. The molecule has 0 saturated carbocycles. The lowest BCUT2D eigenvalue weighted by atomic mass is 9.82. The van der Waals surface area contributed by atoms with Gasteiger partial charge in [-0.3, -0.25) is 24.6 Å². The van der Waals surface area contributed by atoms with Crippen molar-refractivity contribution in [2.45, 2.75) is 5.54 Å². The van der Waals surface area contributed by atoms with Crippen molar-refractivity contribution in [1.82, 2.24) is 10.2 Å². The highest BCUT2D eigenvalue weighted by atomic mass is 35.5. The minimum atomic E-state index is -1.63. The average Bonchev–Trinajstić information content (AvgIpc) is 3.15. The number of rotatable bonds is 8. The number of nitro groups is 1. The molecule has 4 amide bonds. The van der Waals surface area contributed by atoms with E-state index in [2.05, 4.69) is 10.6 Å². The predicted molar refractivity (Wildman–Crippen MR) is 134 cm³/mol. The standard InChI is InChI=1S/C25H21ClN4O7/c1-36-18-8-3-15(4-9-18)25(16-5-10-19(37-2)11-6-16)23(32)29(24(33)28-25)14-22(31)27-21-13-17(30(34)35)7-12-20(21)26/h3-13H,14H2,1-2H3,(H,27,31)(H,28,33). The molecule has 1 aliphatic rings. The van der Waals surface area contributed by atoms with Crippen LogP contribution < -0.4 is 20.1 Å². The fraction of sp³-hybridized carbons (Fsp3) is 0.160. The van der Waals surface area contributed by atoms with Crippen LogP contribution in [0, 0.1) is 10.1 Å². The van der Waals surface area contributed by atoms with Crippen LogP contribution in [0.15, 0.2) is 66.7 Å². The van der Waals surface area contributed by atoms with E-state index in [0.29, 0.717) is 22.6 Å². The van der Waals surface area contributed by atoms with Crippen LogP contribution in [0.1, 0.15) is 11.1 Å². The van der Waals surface area contributed by atoms with Gasteiger partial charge in [0.05, 0.1) is 29.9 Å². The molecular formula is C25H21ClN4O7. The number of halogens is 1. The van der Waals surface area contributed by atoms with Crippen LogP contribution in [0.2, 0.25) is 5.02 Å². The first-order chi connectivity index (χ1) is 17.7. The van der Waals surface area contributed by atoms with Gasteiger partial charge in [0.1, 0.15) is 18.0 Å². The topological polar surface area (TPSA) is 140 Å². The Bertz CT molecular complexity index is 1330. The molecule has 0 radical (unpaired) electrons. The number of nitrogens with zero attached hydrogens (tertiary/aromatic N) is 2. The Hall–Kier alpha value is -4.64. The molecule has 3 aromatic rings. The summed E-state index contributed by atoms with van der Waals surface area (Å²) < 4.78 is 10.4. The minimum absolute atomic E-state index is 0.0236. The lowest BCUT2D eigenvalue weighted by molar-refractivity contribution is -0.384. The molecule has 1 heterocycles. The quantitative estimate of drug-likeness (QED) is 0.260. The highest BCUT2D eigenvalue weighted by molar-refractivity contribution is 6.33. The number of imide groups is 1. The van der Waals surface area contributed by atoms with Gasteiger partial charge in [0, 0.05) is 12.1 Å². The van der Waals surface area contributed by atoms with Crippen LogP contribution in [0.5, 0.6) is 11.5 Å². The highest BCUT2D eigenvalue weighted by Crippen LogP contribution is 2.37. The van der Waals surface area contributed by atoms with Crippen LogP contribution in [0.4, 0.5) is 16.2 Å². The van der Waals surface area contributed by atoms with E-state index < -0.39 is 34.9 Å². The summed E-state index contributed by atoms with van der Waals surface area (Å²) in [4.78, 5) is 50.9. The van der Waals surface area contributed by atoms with Crippen molar-refractivity contribution in [3.63, 3.8) is 0 Å². The first-order valence-corrected chi connectivity index (χ1v) is 11.2. The first-order valence-electron chi connectivity index (χ1n) is 10.9. The molecule has 12 heteroatoms. The number of hydrogen-bond acceptors (Lipinski definition) is 7. The van der Waals surface area contributed by atoms with Gasteiger partial charge in [0.2, 0.25) is 5.91 Å². The second-order valence-electron chi connectivity index (χ2n) is 8.00. The molecule has 2 N–H and O–H groups in total. The molecule has 1 aliphatic heterocycles. The molecule has 0 spiro atoms. The highest BCUT2D eigenvalue weighted by Gasteiger charge is 2.54. The first kappa shape index (κ1) is 25.5. The number of ether oxygens (including phenoxy) is 2. The molecule has 3 aromatic carbocycles. The molecule has 11 nitrogen and oxygen atoms in total. The minimum Gasteiger partial charge on any atom is -0.497 e. The summed E-state index contributed by atoms with van der Waals surface area (Å²) in [5.41, 5.74) is -1.04. The van der Waals surface area contributed by atoms with E-state index in [9.17, 15) is 24.5 Å². The van der Waals surface area contributed by atoms with Gasteiger partial charge in [-0.25, -0.2) is 4.79 Å². The molecule has 0 unspecified atom stereocenters. The third kappa shape index (κ3) is 4.76. The summed E-state index contributed by atoms with van der Waals surface area (Å²) in [6, 6.07) is 15.9. The summed E-state index contributed by atoms with van der Waals surface area (Å²) >= 11 is 6.06. The van der Waals surface area contributed by atoms with Gasteiger partial charge in [0.15, 0.2) is 5.54 Å². The Labute approximate surface area is 216 Å². The zero-order valence-electron chi connectivity index (χ0n) is 19.7. The van der Waals surface area contributed by atoms with Crippen molar-refractivity contribution in [3.05, 3.63) is 93.0 Å². The number of amides is 4. The van der Waals surface area contributed by atoms with Crippen molar-refractivity contribution in [1.29, 1.82) is 0 Å². The maximum atomic E-state index is 13.8. The Morgan fingerprint density at radius 3 is 2.03 bits per heavy atom. The lowest BCUT2D eigenvalue weighted by Gasteiger charge is -2.28. The molecule has 1 saturated heterocycles. The SMILES string of the molecule is COc1ccc(C2(c3ccc(OC)cc3)NC(=O)N(CC(=O)Nc3cc([N+](=O)[O-])ccc3Cl)C2=O)cc1. The summed E-state index contributed by atoms with van der Waals surface area (Å²) in [7, 11) is 3.01. The number of nitrogens with one attached hydrogen (secondary N) is 2. The normalized spacial score (nSPS) is 14.2. The van der Waals surface area contributed by atoms with Gasteiger partial charge in [-0.1, -0.05) is 35.9 Å². The van der Waals surface area contributed by atoms with Crippen LogP contribution >= 0.6 is 11.6 Å². The van der Waals surface area contributed by atoms with E-state index in [1.54, 1.807) is 48.5 Å². The third-order valence-corrected chi connectivity index (χ3v) is 6.22. The Morgan fingerprint density at radius 1 is 1.00 bits per heavy atom. The second-order valence-corrected chi connectivity index (χ2v) is 8.41. The van der Waals surface area contributed by atoms with Crippen molar-refractivity contribution in [2.24, 2.45) is 0 Å². The summed E-state index contributed by atoms with van der Waals surface area (Å²) in [5, 5.41) is 16.3. The summed E-state index contributed by atoms with van der Waals surface area (Å²) in [6.07, 6.45) is 0. The fourth-order valence-electron chi connectivity index (χ4n) is 4.02. The number of anilines is 1. The Balaban J connectivity index is 1.67. The molecule has 37 heavy (non-hydrogen) atoms. The van der Waals surface area contributed by atoms with Gasteiger partial charge in [-0.2, -0.15) is 0 Å². The van der Waals surface area contributed by atoms with Crippen molar-refractivity contribution in [3.8, 4) is 11.5 Å². The zero-order chi connectivity index (χ0) is 26.7. The molecule has 0 aromatic heterocycles. The lowest BCUT2D eigenvalue weighted by Crippen LogP contribution is -2.45.